The van der Waals surface area contributed by atoms with Gasteiger partial charge in [-0.15, -0.1) is 0 Å². The van der Waals surface area contributed by atoms with Crippen molar-refractivity contribution in [1.29, 1.82) is 5.26 Å². The number of rotatable bonds is 3. The van der Waals surface area contributed by atoms with Crippen molar-refractivity contribution in [2.24, 2.45) is 0 Å². The van der Waals surface area contributed by atoms with Crippen LogP contribution >= 0.6 is 0 Å². The molecular weight excluding hydrogens is 229 g/mol. The number of hydrogen-bond acceptors (Lipinski definition) is 3. The smallest absolute Gasteiger partial charge is 0.129 e. The molecule has 1 aliphatic heterocycles. The number of benzene rings is 1. The number of halogens is 1. The minimum absolute atomic E-state index is 0.277. The fourth-order valence-electron chi connectivity index (χ4n) is 2.42. The molecule has 1 aromatic rings. The van der Waals surface area contributed by atoms with Gasteiger partial charge in [0.15, 0.2) is 0 Å². The van der Waals surface area contributed by atoms with Gasteiger partial charge >= 0.3 is 0 Å². The van der Waals surface area contributed by atoms with Crippen molar-refractivity contribution < 1.29 is 4.39 Å². The highest BCUT2D eigenvalue weighted by atomic mass is 19.1. The van der Waals surface area contributed by atoms with E-state index in [0.717, 1.165) is 19.5 Å². The Morgan fingerprint density at radius 1 is 1.56 bits per heavy atom. The Bertz CT molecular complexity index is 453. The number of nitrogens with one attached hydrogen (secondary N) is 1. The van der Waals surface area contributed by atoms with Gasteiger partial charge in [0.25, 0.3) is 0 Å². The van der Waals surface area contributed by atoms with Crippen molar-refractivity contribution in [2.75, 3.05) is 20.1 Å². The minimum Gasteiger partial charge on any atom is -0.316 e. The molecule has 4 heteroatoms. The monoisotopic (exact) mass is 247 g/mol. The molecule has 2 rings (SSSR count). The average molecular weight is 247 g/mol. The van der Waals surface area contributed by atoms with Crippen molar-refractivity contribution in [2.45, 2.75) is 25.4 Å². The number of likely N-dealkylation sites (N-methyl/N-ethyl adjacent to an activating group) is 1. The summed E-state index contributed by atoms with van der Waals surface area (Å²) in [7, 11) is 1.97. The second kappa shape index (κ2) is 5.94. The predicted octanol–water partition coefficient (Wildman–Crippen LogP) is 1.88. The Morgan fingerprint density at radius 2 is 2.39 bits per heavy atom. The Kier molecular flexibility index (Phi) is 4.29. The Hall–Kier alpha value is -1.44. The number of nitrogens with zero attached hydrogens (tertiary/aromatic N) is 2. The van der Waals surface area contributed by atoms with Crippen LogP contribution in [0.3, 0.4) is 0 Å². The van der Waals surface area contributed by atoms with Gasteiger partial charge in [-0.1, -0.05) is 6.07 Å². The molecular formula is C14H18FN3. The molecule has 0 aromatic heterocycles. The van der Waals surface area contributed by atoms with Crippen LogP contribution in [0.4, 0.5) is 4.39 Å². The van der Waals surface area contributed by atoms with Crippen LogP contribution in [-0.2, 0) is 6.54 Å². The summed E-state index contributed by atoms with van der Waals surface area (Å²) in [5, 5.41) is 12.0. The third-order valence-electron chi connectivity index (χ3n) is 3.49. The van der Waals surface area contributed by atoms with Crippen molar-refractivity contribution in [3.8, 4) is 6.07 Å². The summed E-state index contributed by atoms with van der Waals surface area (Å²) >= 11 is 0. The Labute approximate surface area is 107 Å². The van der Waals surface area contributed by atoms with Crippen LogP contribution < -0.4 is 5.32 Å². The molecule has 3 nitrogen and oxygen atoms in total. The zero-order chi connectivity index (χ0) is 13.0. The topological polar surface area (TPSA) is 39.1 Å². The van der Waals surface area contributed by atoms with Crippen LogP contribution in [0.1, 0.15) is 24.0 Å². The van der Waals surface area contributed by atoms with E-state index in [1.807, 2.05) is 13.1 Å². The highest BCUT2D eigenvalue weighted by Crippen LogP contribution is 2.16. The summed E-state index contributed by atoms with van der Waals surface area (Å²) in [4.78, 5) is 2.26. The van der Waals surface area contributed by atoms with Crippen LogP contribution in [0.2, 0.25) is 0 Å². The lowest BCUT2D eigenvalue weighted by Gasteiger charge is -2.32. The summed E-state index contributed by atoms with van der Waals surface area (Å²) in [5.74, 6) is -0.277. The van der Waals surface area contributed by atoms with E-state index in [4.69, 9.17) is 5.26 Å². The van der Waals surface area contributed by atoms with Gasteiger partial charge in [-0.3, -0.25) is 4.90 Å². The first-order valence-corrected chi connectivity index (χ1v) is 6.31. The lowest BCUT2D eigenvalue weighted by molar-refractivity contribution is 0.186. The summed E-state index contributed by atoms with van der Waals surface area (Å²) in [5.41, 5.74) is 1.05. The lowest BCUT2D eigenvalue weighted by atomic mass is 10.0. The van der Waals surface area contributed by atoms with Gasteiger partial charge in [-0.25, -0.2) is 4.39 Å². The maximum absolute atomic E-state index is 13.8. The maximum atomic E-state index is 13.8. The van der Waals surface area contributed by atoms with Gasteiger partial charge in [0.1, 0.15) is 5.82 Å². The standard InChI is InChI=1S/C14H18FN3/c1-17-13-3-2-6-18(10-13)9-12-5-4-11(8-16)7-14(12)15/h4-5,7,13,17H,2-3,6,9-10H2,1H3. The van der Waals surface area contributed by atoms with E-state index in [1.165, 1.54) is 12.5 Å². The fraction of sp³-hybridized carbons (Fsp3) is 0.500. The first-order chi connectivity index (χ1) is 8.72. The molecule has 0 spiro atoms. The molecule has 0 aliphatic carbocycles. The third-order valence-corrected chi connectivity index (χ3v) is 3.49. The molecule has 1 heterocycles. The molecule has 1 N–H and O–H groups in total. The summed E-state index contributed by atoms with van der Waals surface area (Å²) in [6, 6.07) is 7.16. The molecule has 96 valence electrons. The second-order valence-corrected chi connectivity index (χ2v) is 4.78. The molecule has 0 radical (unpaired) electrons. The summed E-state index contributed by atoms with van der Waals surface area (Å²) in [6.07, 6.45) is 2.33. The van der Waals surface area contributed by atoms with E-state index in [0.29, 0.717) is 23.7 Å². The second-order valence-electron chi connectivity index (χ2n) is 4.78. The van der Waals surface area contributed by atoms with Crippen molar-refractivity contribution in [3.63, 3.8) is 0 Å². The van der Waals surface area contributed by atoms with Crippen LogP contribution in [0.25, 0.3) is 0 Å². The highest BCUT2D eigenvalue weighted by Gasteiger charge is 2.19. The van der Waals surface area contributed by atoms with Crippen molar-refractivity contribution >= 4 is 0 Å². The van der Waals surface area contributed by atoms with Gasteiger partial charge in [0.05, 0.1) is 11.6 Å². The SMILES string of the molecule is CNC1CCCN(Cc2ccc(C#N)cc2F)C1. The Morgan fingerprint density at radius 3 is 3.06 bits per heavy atom. The number of hydrogen-bond donors (Lipinski definition) is 1. The largest absolute Gasteiger partial charge is 0.316 e. The highest BCUT2D eigenvalue weighted by molar-refractivity contribution is 5.32. The molecule has 1 fully saturated rings. The van der Waals surface area contributed by atoms with Gasteiger partial charge in [0, 0.05) is 24.7 Å². The normalized spacial score (nSPS) is 20.6. The molecule has 0 amide bonds. The molecule has 1 atom stereocenters. The van der Waals surface area contributed by atoms with Crippen LogP contribution in [0, 0.1) is 17.1 Å². The quantitative estimate of drug-likeness (QED) is 0.886. The average Bonchev–Trinajstić information content (AvgIpc) is 2.41. The number of nitriles is 1. The predicted molar refractivity (Wildman–Crippen MR) is 68.5 cm³/mol. The van der Waals surface area contributed by atoms with E-state index in [-0.39, 0.29) is 5.82 Å². The molecule has 1 aliphatic rings. The molecule has 0 saturated carbocycles. The number of likely N-dealkylation sites (tertiary alicyclic amines) is 1. The summed E-state index contributed by atoms with van der Waals surface area (Å²) < 4.78 is 13.8. The van der Waals surface area contributed by atoms with Crippen LogP contribution in [-0.4, -0.2) is 31.1 Å². The Balaban J connectivity index is 2.03. The third kappa shape index (κ3) is 3.06. The fourth-order valence-corrected chi connectivity index (χ4v) is 2.42. The van der Waals surface area contributed by atoms with Gasteiger partial charge in [-0.2, -0.15) is 5.26 Å². The molecule has 1 saturated heterocycles. The van der Waals surface area contributed by atoms with E-state index >= 15 is 0 Å². The number of piperidine rings is 1. The molecule has 1 unspecified atom stereocenters. The van der Waals surface area contributed by atoms with Gasteiger partial charge in [-0.05, 0) is 38.6 Å². The first-order valence-electron chi connectivity index (χ1n) is 6.31. The molecule has 0 bridgehead atoms. The van der Waals surface area contributed by atoms with E-state index in [1.54, 1.807) is 12.1 Å². The van der Waals surface area contributed by atoms with Crippen molar-refractivity contribution in [3.05, 3.63) is 35.1 Å². The maximum Gasteiger partial charge on any atom is 0.129 e. The van der Waals surface area contributed by atoms with Gasteiger partial charge in [0.2, 0.25) is 0 Å². The first kappa shape index (κ1) is 13.0. The van der Waals surface area contributed by atoms with Crippen molar-refractivity contribution in [1.82, 2.24) is 10.2 Å². The zero-order valence-corrected chi connectivity index (χ0v) is 10.6. The van der Waals surface area contributed by atoms with E-state index in [9.17, 15) is 4.39 Å². The van der Waals surface area contributed by atoms with E-state index in [2.05, 4.69) is 10.2 Å². The zero-order valence-electron chi connectivity index (χ0n) is 10.6. The van der Waals surface area contributed by atoms with Gasteiger partial charge < -0.3 is 5.32 Å². The molecule has 1 aromatic carbocycles. The molecule has 18 heavy (non-hydrogen) atoms. The lowest BCUT2D eigenvalue weighted by Crippen LogP contribution is -2.43. The minimum atomic E-state index is -0.277. The summed E-state index contributed by atoms with van der Waals surface area (Å²) in [6.45, 7) is 2.59. The van der Waals surface area contributed by atoms with Crippen LogP contribution in [0.5, 0.6) is 0 Å². The van der Waals surface area contributed by atoms with E-state index < -0.39 is 0 Å². The van der Waals surface area contributed by atoms with Crippen LogP contribution in [0.15, 0.2) is 18.2 Å².